The predicted molar refractivity (Wildman–Crippen MR) is 71.7 cm³/mol. The van der Waals surface area contributed by atoms with Crippen LogP contribution in [0.1, 0.15) is 32.3 Å². The molecule has 0 aromatic heterocycles. The number of Topliss-reactive ketones (excluding diaryl/α,β-unsaturated/α-hetero) is 3. The Morgan fingerprint density at radius 1 is 1.11 bits per heavy atom. The standard InChI is InChI=1S/C16H18O3/c1-16(2)9-13(18)15(14(19)10-16)12(17)8-11-6-4-3-5-7-11/h3-7,15H,8-10H2,1-2H3. The van der Waals surface area contributed by atoms with E-state index in [2.05, 4.69) is 0 Å². The summed E-state index contributed by atoms with van der Waals surface area (Å²) in [4.78, 5) is 36.2. The molecule has 0 radical (unpaired) electrons. The van der Waals surface area contributed by atoms with Crippen molar-refractivity contribution in [2.45, 2.75) is 33.1 Å². The van der Waals surface area contributed by atoms with Crippen LogP contribution in [0, 0.1) is 11.3 Å². The third kappa shape index (κ3) is 3.16. The van der Waals surface area contributed by atoms with E-state index in [-0.39, 0.29) is 29.2 Å². The molecule has 3 heteroatoms. The molecule has 0 spiro atoms. The maximum absolute atomic E-state index is 12.2. The van der Waals surface area contributed by atoms with Crippen LogP contribution >= 0.6 is 0 Å². The summed E-state index contributed by atoms with van der Waals surface area (Å²) in [7, 11) is 0. The lowest BCUT2D eigenvalue weighted by molar-refractivity contribution is -0.144. The minimum Gasteiger partial charge on any atom is -0.298 e. The van der Waals surface area contributed by atoms with Gasteiger partial charge in [-0.15, -0.1) is 0 Å². The highest BCUT2D eigenvalue weighted by Crippen LogP contribution is 2.34. The van der Waals surface area contributed by atoms with E-state index in [4.69, 9.17) is 0 Å². The highest BCUT2D eigenvalue weighted by molar-refractivity contribution is 6.21. The SMILES string of the molecule is CC1(C)CC(=O)C(C(=O)Cc2ccccc2)C(=O)C1. The Kier molecular flexibility index (Phi) is 3.65. The van der Waals surface area contributed by atoms with E-state index >= 15 is 0 Å². The molecule has 1 aliphatic carbocycles. The number of ketones is 3. The summed E-state index contributed by atoms with van der Waals surface area (Å²) in [6.07, 6.45) is 0.775. The zero-order chi connectivity index (χ0) is 14.0. The van der Waals surface area contributed by atoms with Crippen LogP contribution in [0.2, 0.25) is 0 Å². The summed E-state index contributed by atoms with van der Waals surface area (Å²) in [5.74, 6) is -1.74. The largest absolute Gasteiger partial charge is 0.298 e. The topological polar surface area (TPSA) is 51.2 Å². The molecule has 0 unspecified atom stereocenters. The first-order valence-electron chi connectivity index (χ1n) is 6.51. The van der Waals surface area contributed by atoms with E-state index in [1.165, 1.54) is 0 Å². The molecule has 1 saturated carbocycles. The molecule has 0 N–H and O–H groups in total. The molecule has 1 aliphatic rings. The molecule has 0 bridgehead atoms. The number of benzene rings is 1. The van der Waals surface area contributed by atoms with E-state index in [1.807, 2.05) is 44.2 Å². The van der Waals surface area contributed by atoms with E-state index in [9.17, 15) is 14.4 Å². The summed E-state index contributed by atoms with van der Waals surface area (Å²) in [5.41, 5.74) is 0.537. The van der Waals surface area contributed by atoms with Gasteiger partial charge in [-0.3, -0.25) is 14.4 Å². The van der Waals surface area contributed by atoms with E-state index in [1.54, 1.807) is 0 Å². The smallest absolute Gasteiger partial charge is 0.155 e. The van der Waals surface area contributed by atoms with Gasteiger partial charge in [0.1, 0.15) is 5.92 Å². The normalized spacial score (nSPS) is 19.5. The van der Waals surface area contributed by atoms with Crippen molar-refractivity contribution >= 4 is 17.3 Å². The lowest BCUT2D eigenvalue weighted by Crippen LogP contribution is -2.42. The molecule has 0 aliphatic heterocycles. The minimum atomic E-state index is -1.03. The lowest BCUT2D eigenvalue weighted by atomic mass is 9.70. The Balaban J connectivity index is 2.11. The molecule has 0 atom stereocenters. The minimum absolute atomic E-state index is 0.156. The van der Waals surface area contributed by atoms with Gasteiger partial charge in [0.2, 0.25) is 0 Å². The van der Waals surface area contributed by atoms with Crippen LogP contribution in [0.5, 0.6) is 0 Å². The molecule has 1 aromatic rings. The maximum atomic E-state index is 12.2. The van der Waals surface area contributed by atoms with Crippen LogP contribution in [-0.4, -0.2) is 17.3 Å². The lowest BCUT2D eigenvalue weighted by Gasteiger charge is -2.31. The van der Waals surface area contributed by atoms with Crippen LogP contribution in [0.25, 0.3) is 0 Å². The van der Waals surface area contributed by atoms with Crippen molar-refractivity contribution in [3.05, 3.63) is 35.9 Å². The molecule has 3 nitrogen and oxygen atoms in total. The summed E-state index contributed by atoms with van der Waals surface area (Å²) in [5, 5.41) is 0. The number of carbonyl (C=O) groups is 3. The Labute approximate surface area is 113 Å². The van der Waals surface area contributed by atoms with Crippen LogP contribution in [-0.2, 0) is 20.8 Å². The fourth-order valence-corrected chi connectivity index (χ4v) is 2.65. The molecular weight excluding hydrogens is 240 g/mol. The van der Waals surface area contributed by atoms with E-state index in [0.29, 0.717) is 12.8 Å². The molecular formula is C16H18O3. The van der Waals surface area contributed by atoms with E-state index < -0.39 is 5.92 Å². The summed E-state index contributed by atoms with van der Waals surface area (Å²) in [6, 6.07) is 9.22. The Morgan fingerprint density at radius 3 is 2.16 bits per heavy atom. The van der Waals surface area contributed by atoms with Gasteiger partial charge in [-0.25, -0.2) is 0 Å². The van der Waals surface area contributed by atoms with Gasteiger partial charge in [0.25, 0.3) is 0 Å². The monoisotopic (exact) mass is 258 g/mol. The van der Waals surface area contributed by atoms with Crippen molar-refractivity contribution in [1.29, 1.82) is 0 Å². The predicted octanol–water partition coefficient (Wildman–Crippen LogP) is 2.37. The van der Waals surface area contributed by atoms with Gasteiger partial charge in [-0.2, -0.15) is 0 Å². The molecule has 0 heterocycles. The molecule has 1 aromatic carbocycles. The average molecular weight is 258 g/mol. The number of carbonyl (C=O) groups excluding carboxylic acids is 3. The van der Waals surface area contributed by atoms with Crippen molar-refractivity contribution in [2.24, 2.45) is 11.3 Å². The highest BCUT2D eigenvalue weighted by atomic mass is 16.2. The zero-order valence-corrected chi connectivity index (χ0v) is 11.3. The molecule has 19 heavy (non-hydrogen) atoms. The fourth-order valence-electron chi connectivity index (χ4n) is 2.65. The van der Waals surface area contributed by atoms with Crippen LogP contribution in [0.15, 0.2) is 30.3 Å². The second-order valence-electron chi connectivity index (χ2n) is 6.01. The maximum Gasteiger partial charge on any atom is 0.155 e. The molecule has 0 amide bonds. The Hall–Kier alpha value is -1.77. The fraction of sp³-hybridized carbons (Fsp3) is 0.438. The van der Waals surface area contributed by atoms with Gasteiger partial charge in [0, 0.05) is 19.3 Å². The van der Waals surface area contributed by atoms with Crippen LogP contribution in [0.4, 0.5) is 0 Å². The second-order valence-corrected chi connectivity index (χ2v) is 6.01. The number of hydrogen-bond donors (Lipinski definition) is 0. The summed E-state index contributed by atoms with van der Waals surface area (Å²) < 4.78 is 0. The van der Waals surface area contributed by atoms with Crippen molar-refractivity contribution < 1.29 is 14.4 Å². The van der Waals surface area contributed by atoms with Gasteiger partial charge in [0.15, 0.2) is 17.3 Å². The molecule has 100 valence electrons. The van der Waals surface area contributed by atoms with Gasteiger partial charge >= 0.3 is 0 Å². The quantitative estimate of drug-likeness (QED) is 0.782. The van der Waals surface area contributed by atoms with Crippen molar-refractivity contribution in [3.8, 4) is 0 Å². The van der Waals surface area contributed by atoms with Gasteiger partial charge in [-0.05, 0) is 11.0 Å². The highest BCUT2D eigenvalue weighted by Gasteiger charge is 2.42. The molecule has 1 fully saturated rings. The van der Waals surface area contributed by atoms with Crippen LogP contribution in [0.3, 0.4) is 0 Å². The van der Waals surface area contributed by atoms with Crippen LogP contribution < -0.4 is 0 Å². The first-order chi connectivity index (χ1) is 8.89. The number of rotatable bonds is 3. The molecule has 0 saturated heterocycles. The van der Waals surface area contributed by atoms with Gasteiger partial charge in [0.05, 0.1) is 0 Å². The van der Waals surface area contributed by atoms with Gasteiger partial charge < -0.3 is 0 Å². The summed E-state index contributed by atoms with van der Waals surface area (Å²) >= 11 is 0. The zero-order valence-electron chi connectivity index (χ0n) is 11.3. The molecule has 2 rings (SSSR count). The Bertz CT molecular complexity index is 494. The van der Waals surface area contributed by atoms with Crippen molar-refractivity contribution in [2.75, 3.05) is 0 Å². The average Bonchev–Trinajstić information content (AvgIpc) is 2.27. The van der Waals surface area contributed by atoms with Gasteiger partial charge in [-0.1, -0.05) is 44.2 Å². The third-order valence-corrected chi connectivity index (χ3v) is 3.49. The first kappa shape index (κ1) is 13.7. The second kappa shape index (κ2) is 5.08. The first-order valence-corrected chi connectivity index (χ1v) is 6.51. The number of hydrogen-bond acceptors (Lipinski definition) is 3. The third-order valence-electron chi connectivity index (χ3n) is 3.49. The summed E-state index contributed by atoms with van der Waals surface area (Å²) in [6.45, 7) is 3.78. The van der Waals surface area contributed by atoms with E-state index in [0.717, 1.165) is 5.56 Å². The van der Waals surface area contributed by atoms with Crippen molar-refractivity contribution in [3.63, 3.8) is 0 Å². The van der Waals surface area contributed by atoms with Crippen molar-refractivity contribution in [1.82, 2.24) is 0 Å². The Morgan fingerprint density at radius 2 is 1.63 bits per heavy atom.